The van der Waals surface area contributed by atoms with E-state index in [1.807, 2.05) is 6.08 Å². The number of esters is 1. The van der Waals surface area contributed by atoms with E-state index in [1.165, 1.54) is 263 Å². The van der Waals surface area contributed by atoms with Crippen LogP contribution in [0.15, 0.2) is 60.8 Å². The van der Waals surface area contributed by atoms with Crippen molar-refractivity contribution in [2.24, 2.45) is 0 Å². The molecule has 0 saturated heterocycles. The summed E-state index contributed by atoms with van der Waals surface area (Å²) >= 11 is 0. The van der Waals surface area contributed by atoms with E-state index in [0.717, 1.165) is 83.5 Å². The van der Waals surface area contributed by atoms with Crippen LogP contribution >= 0.6 is 0 Å². The maximum Gasteiger partial charge on any atom is 0.305 e. The molecule has 0 aliphatic heterocycles. The van der Waals surface area contributed by atoms with Crippen molar-refractivity contribution in [2.45, 2.75) is 386 Å². The second kappa shape index (κ2) is 69.1. The number of aliphatic hydroxyl groups is 2. The van der Waals surface area contributed by atoms with E-state index in [0.29, 0.717) is 19.4 Å². The Morgan fingerprint density at radius 1 is 0.362 bits per heavy atom. The van der Waals surface area contributed by atoms with Crippen LogP contribution in [0.25, 0.3) is 0 Å². The summed E-state index contributed by atoms with van der Waals surface area (Å²) in [5.41, 5.74) is 0. The molecule has 0 aromatic carbocycles. The van der Waals surface area contributed by atoms with E-state index in [1.54, 1.807) is 6.08 Å². The van der Waals surface area contributed by atoms with Gasteiger partial charge in [-0.1, -0.05) is 325 Å². The molecule has 2 atom stereocenters. The number of hydrogen-bond acceptors (Lipinski definition) is 5. The van der Waals surface area contributed by atoms with Gasteiger partial charge in [0.25, 0.3) is 0 Å². The van der Waals surface area contributed by atoms with Gasteiger partial charge in [0.2, 0.25) is 5.91 Å². The highest BCUT2D eigenvalue weighted by molar-refractivity contribution is 5.76. The topological polar surface area (TPSA) is 95.9 Å². The molecule has 0 saturated carbocycles. The van der Waals surface area contributed by atoms with Crippen molar-refractivity contribution in [2.75, 3.05) is 13.2 Å². The van der Waals surface area contributed by atoms with Crippen molar-refractivity contribution in [1.82, 2.24) is 5.32 Å². The molecule has 0 aliphatic carbocycles. The quantitative estimate of drug-likeness (QED) is 0.0244. The van der Waals surface area contributed by atoms with Crippen molar-refractivity contribution in [1.29, 1.82) is 0 Å². The van der Waals surface area contributed by atoms with Gasteiger partial charge < -0.3 is 20.3 Å². The van der Waals surface area contributed by atoms with E-state index < -0.39 is 12.1 Å². The average Bonchev–Trinajstić information content (AvgIpc) is 3.46. The first-order chi connectivity index (χ1) is 39.5. The Hall–Kier alpha value is -2.44. The maximum atomic E-state index is 12.5. The van der Waals surface area contributed by atoms with Gasteiger partial charge >= 0.3 is 5.97 Å². The molecule has 6 heteroatoms. The lowest BCUT2D eigenvalue weighted by molar-refractivity contribution is -0.143. The van der Waals surface area contributed by atoms with Gasteiger partial charge in [0.1, 0.15) is 0 Å². The number of unbranched alkanes of at least 4 members (excludes halogenated alkanes) is 48. The number of carbonyl (C=O) groups excluding carboxylic acids is 2. The van der Waals surface area contributed by atoms with E-state index >= 15 is 0 Å². The maximum absolute atomic E-state index is 12.5. The SMILES string of the molecule is CCCCC/C=C\C/C=C\CCCCCCCCCCCC(=O)OCCCCC/C=C\C=C/CCCCCCCCCCCCC(=O)NC(CO)C(O)/C=C/CCCCCCCCCCCCCCCCCCCCCCCCC. The Kier molecular flexibility index (Phi) is 66.9. The van der Waals surface area contributed by atoms with E-state index in [4.69, 9.17) is 4.74 Å². The summed E-state index contributed by atoms with van der Waals surface area (Å²) in [6.45, 7) is 4.86. The van der Waals surface area contributed by atoms with Crippen LogP contribution < -0.4 is 5.32 Å². The van der Waals surface area contributed by atoms with Gasteiger partial charge in [-0.05, 0) is 96.3 Å². The number of nitrogens with one attached hydrogen (secondary N) is 1. The summed E-state index contributed by atoms with van der Waals surface area (Å²) in [6.07, 6.45) is 91.5. The summed E-state index contributed by atoms with van der Waals surface area (Å²) < 4.78 is 5.48. The highest BCUT2D eigenvalue weighted by Gasteiger charge is 2.18. The second-order valence-corrected chi connectivity index (χ2v) is 24.2. The van der Waals surface area contributed by atoms with Gasteiger partial charge in [0.05, 0.1) is 25.4 Å². The third-order valence-corrected chi connectivity index (χ3v) is 16.3. The van der Waals surface area contributed by atoms with Crippen LogP contribution in [0.1, 0.15) is 373 Å². The van der Waals surface area contributed by atoms with Gasteiger partial charge in [-0.3, -0.25) is 9.59 Å². The molecule has 3 N–H and O–H groups in total. The van der Waals surface area contributed by atoms with Crippen molar-refractivity contribution in [3.63, 3.8) is 0 Å². The Labute approximate surface area is 499 Å². The lowest BCUT2D eigenvalue weighted by Gasteiger charge is -2.20. The molecule has 0 radical (unpaired) electrons. The normalized spacial score (nSPS) is 12.9. The molecule has 2 unspecified atom stereocenters. The number of aliphatic hydroxyl groups excluding tert-OH is 2. The number of ether oxygens (including phenoxy) is 1. The summed E-state index contributed by atoms with van der Waals surface area (Å²) in [7, 11) is 0. The highest BCUT2D eigenvalue weighted by Crippen LogP contribution is 2.18. The van der Waals surface area contributed by atoms with Crippen LogP contribution in [0.3, 0.4) is 0 Å². The molecule has 0 aromatic rings. The first-order valence-corrected chi connectivity index (χ1v) is 35.6. The van der Waals surface area contributed by atoms with Gasteiger partial charge in [-0.15, -0.1) is 0 Å². The molecule has 0 bridgehead atoms. The Bertz CT molecular complexity index is 1380. The first-order valence-electron chi connectivity index (χ1n) is 35.6. The number of carbonyl (C=O) groups is 2. The van der Waals surface area contributed by atoms with Gasteiger partial charge in [0.15, 0.2) is 0 Å². The van der Waals surface area contributed by atoms with Gasteiger partial charge in [-0.25, -0.2) is 0 Å². The Balaban J connectivity index is 3.49. The summed E-state index contributed by atoms with van der Waals surface area (Å²) in [5.74, 6) is -0.0927. The van der Waals surface area contributed by atoms with Crippen LogP contribution in [0.5, 0.6) is 0 Å². The Morgan fingerprint density at radius 2 is 0.662 bits per heavy atom. The van der Waals surface area contributed by atoms with E-state index in [9.17, 15) is 19.8 Å². The molecular weight excluding hydrogens is 983 g/mol. The number of allylic oxidation sites excluding steroid dienone is 9. The zero-order chi connectivity index (χ0) is 57.8. The zero-order valence-electron chi connectivity index (χ0n) is 53.6. The lowest BCUT2D eigenvalue weighted by atomic mass is 10.0. The molecule has 6 nitrogen and oxygen atoms in total. The van der Waals surface area contributed by atoms with Crippen LogP contribution in [-0.2, 0) is 14.3 Å². The highest BCUT2D eigenvalue weighted by atomic mass is 16.5. The zero-order valence-corrected chi connectivity index (χ0v) is 53.6. The number of rotatable bonds is 66. The second-order valence-electron chi connectivity index (χ2n) is 24.2. The molecule has 0 aliphatic rings. The molecular formula is C74H137NO5. The van der Waals surface area contributed by atoms with E-state index in [2.05, 4.69) is 67.8 Å². The third kappa shape index (κ3) is 64.7. The molecule has 0 heterocycles. The third-order valence-electron chi connectivity index (χ3n) is 16.3. The molecule has 0 rings (SSSR count). The van der Waals surface area contributed by atoms with Crippen LogP contribution in [0, 0.1) is 0 Å². The number of hydrogen-bond donors (Lipinski definition) is 3. The van der Waals surface area contributed by atoms with Gasteiger partial charge in [-0.2, -0.15) is 0 Å². The Morgan fingerprint density at radius 3 is 1.05 bits per heavy atom. The standard InChI is InChI=1S/C74H137NO5/c1-3-5-7-9-11-13-15-17-19-21-23-24-25-26-27-28-31-34-38-42-46-50-54-58-62-66-72(77)71(70-76)75-73(78)67-63-59-55-51-47-43-39-35-32-29-33-37-41-45-49-53-57-61-65-69-80-74(79)68-64-60-56-52-48-44-40-36-30-22-20-18-16-14-12-10-8-6-4-2/h12,14,18,20,37,41,45,49,62,66,71-72,76-77H,3-11,13,15-17,19,21-36,38-40,42-44,46-48,50-61,63-65,67-70H2,1-2H3,(H,75,78)/b14-12-,20-18-,41-37-,49-45-,66-62+. The van der Waals surface area contributed by atoms with Crippen LogP contribution in [-0.4, -0.2) is 47.4 Å². The monoisotopic (exact) mass is 1120 g/mol. The summed E-state index contributed by atoms with van der Waals surface area (Å²) in [6, 6.07) is -0.639. The minimum atomic E-state index is -0.855. The summed E-state index contributed by atoms with van der Waals surface area (Å²) in [4.78, 5) is 24.6. The fraction of sp³-hybridized carbons (Fsp3) is 0.838. The minimum Gasteiger partial charge on any atom is -0.466 e. The largest absolute Gasteiger partial charge is 0.466 e. The minimum absolute atomic E-state index is 0.0177. The first kappa shape index (κ1) is 77.6. The predicted molar refractivity (Wildman–Crippen MR) is 352 cm³/mol. The number of amides is 1. The van der Waals surface area contributed by atoms with Crippen LogP contribution in [0.4, 0.5) is 0 Å². The predicted octanol–water partition coefficient (Wildman–Crippen LogP) is 23.0. The van der Waals surface area contributed by atoms with Crippen molar-refractivity contribution in [3.05, 3.63) is 60.8 Å². The van der Waals surface area contributed by atoms with Gasteiger partial charge in [0, 0.05) is 12.8 Å². The summed E-state index contributed by atoms with van der Waals surface area (Å²) in [5, 5.41) is 23.3. The van der Waals surface area contributed by atoms with Crippen molar-refractivity contribution < 1.29 is 24.5 Å². The van der Waals surface area contributed by atoms with Crippen molar-refractivity contribution in [3.8, 4) is 0 Å². The van der Waals surface area contributed by atoms with Crippen molar-refractivity contribution >= 4 is 11.9 Å². The molecule has 0 spiro atoms. The molecule has 0 fully saturated rings. The fourth-order valence-corrected chi connectivity index (χ4v) is 10.8. The molecule has 1 amide bonds. The molecule has 468 valence electrons. The van der Waals surface area contributed by atoms with E-state index in [-0.39, 0.29) is 18.5 Å². The molecule has 0 aromatic heterocycles. The lowest BCUT2D eigenvalue weighted by Crippen LogP contribution is -2.45. The smallest absolute Gasteiger partial charge is 0.305 e. The fourth-order valence-electron chi connectivity index (χ4n) is 10.8. The molecule has 80 heavy (non-hydrogen) atoms. The van der Waals surface area contributed by atoms with Crippen LogP contribution in [0.2, 0.25) is 0 Å². The average molecular weight is 1120 g/mol.